The first-order valence-electron chi connectivity index (χ1n) is 4.16. The van der Waals surface area contributed by atoms with E-state index in [0.717, 1.165) is 12.2 Å². The van der Waals surface area contributed by atoms with Crippen LogP contribution in [0.1, 0.15) is 6.42 Å². The van der Waals surface area contributed by atoms with Crippen molar-refractivity contribution < 1.29 is 0 Å². The van der Waals surface area contributed by atoms with Crippen LogP contribution in [0.4, 0.5) is 5.82 Å². The average molecular weight is 216 g/mol. The van der Waals surface area contributed by atoms with Crippen LogP contribution in [0.2, 0.25) is 0 Å². The fourth-order valence-electron chi connectivity index (χ4n) is 0.891. The predicted octanol–water partition coefficient (Wildman–Crippen LogP) is -0.377. The van der Waals surface area contributed by atoms with E-state index in [1.54, 1.807) is 11.8 Å². The lowest BCUT2D eigenvalue weighted by Crippen LogP contribution is -2.27. The van der Waals surface area contributed by atoms with Crippen molar-refractivity contribution in [2.24, 2.45) is 0 Å². The average Bonchev–Trinajstić information content (AvgIpc) is 2.15. The third-order valence-electron chi connectivity index (χ3n) is 1.53. The van der Waals surface area contributed by atoms with Crippen molar-refractivity contribution in [3.8, 4) is 0 Å². The summed E-state index contributed by atoms with van der Waals surface area (Å²) in [5.41, 5.74) is -1.08. The SMILES string of the molecule is CSCCCNc1n[nH]c(=O)[nH]c1=O. The number of aromatic amines is 2. The molecule has 7 heteroatoms. The van der Waals surface area contributed by atoms with Gasteiger partial charge in [-0.15, -0.1) is 5.10 Å². The van der Waals surface area contributed by atoms with Gasteiger partial charge in [-0.1, -0.05) is 0 Å². The molecule has 0 aliphatic carbocycles. The van der Waals surface area contributed by atoms with Crippen molar-refractivity contribution in [3.63, 3.8) is 0 Å². The van der Waals surface area contributed by atoms with Crippen molar-refractivity contribution in [3.05, 3.63) is 20.8 Å². The molecular formula is C7H12N4O2S. The van der Waals surface area contributed by atoms with Gasteiger partial charge in [0.25, 0.3) is 5.56 Å². The predicted molar refractivity (Wildman–Crippen MR) is 57.0 cm³/mol. The van der Waals surface area contributed by atoms with Gasteiger partial charge in [-0.05, 0) is 18.4 Å². The van der Waals surface area contributed by atoms with Gasteiger partial charge in [0.15, 0.2) is 0 Å². The number of rotatable bonds is 5. The molecule has 0 spiro atoms. The lowest BCUT2D eigenvalue weighted by molar-refractivity contribution is 0.873. The zero-order valence-corrected chi connectivity index (χ0v) is 8.61. The van der Waals surface area contributed by atoms with Gasteiger partial charge in [-0.25, -0.2) is 9.89 Å². The van der Waals surface area contributed by atoms with Crippen LogP contribution < -0.4 is 16.6 Å². The van der Waals surface area contributed by atoms with Gasteiger partial charge in [0.05, 0.1) is 0 Å². The van der Waals surface area contributed by atoms with E-state index in [0.29, 0.717) is 6.54 Å². The van der Waals surface area contributed by atoms with E-state index in [2.05, 4.69) is 20.5 Å². The zero-order valence-electron chi connectivity index (χ0n) is 7.79. The van der Waals surface area contributed by atoms with E-state index in [-0.39, 0.29) is 5.82 Å². The molecule has 78 valence electrons. The Kier molecular flexibility index (Phi) is 4.24. The second kappa shape index (κ2) is 5.48. The van der Waals surface area contributed by atoms with Crippen LogP contribution in [0.15, 0.2) is 9.59 Å². The maximum Gasteiger partial charge on any atom is 0.342 e. The second-order valence-electron chi connectivity index (χ2n) is 2.63. The third-order valence-corrected chi connectivity index (χ3v) is 2.23. The first-order valence-corrected chi connectivity index (χ1v) is 5.55. The Hall–Kier alpha value is -1.24. The molecule has 0 fully saturated rings. The van der Waals surface area contributed by atoms with Crippen molar-refractivity contribution in [1.29, 1.82) is 0 Å². The van der Waals surface area contributed by atoms with Gasteiger partial charge in [-0.3, -0.25) is 9.78 Å². The molecule has 6 nitrogen and oxygen atoms in total. The molecule has 0 unspecified atom stereocenters. The van der Waals surface area contributed by atoms with E-state index >= 15 is 0 Å². The van der Waals surface area contributed by atoms with Crippen LogP contribution in [-0.4, -0.2) is 33.7 Å². The molecule has 0 aliphatic rings. The highest BCUT2D eigenvalue weighted by molar-refractivity contribution is 7.98. The summed E-state index contributed by atoms with van der Waals surface area (Å²) >= 11 is 1.74. The minimum absolute atomic E-state index is 0.158. The largest absolute Gasteiger partial charge is 0.364 e. The Morgan fingerprint density at radius 2 is 2.29 bits per heavy atom. The summed E-state index contributed by atoms with van der Waals surface area (Å²) in [6.45, 7) is 0.670. The summed E-state index contributed by atoms with van der Waals surface area (Å²) in [5.74, 6) is 1.18. The summed E-state index contributed by atoms with van der Waals surface area (Å²) in [4.78, 5) is 23.8. The number of hydrogen-bond donors (Lipinski definition) is 3. The molecule has 0 atom stereocenters. The van der Waals surface area contributed by atoms with Gasteiger partial charge in [0.2, 0.25) is 5.82 Å². The van der Waals surface area contributed by atoms with Crippen LogP contribution in [0, 0.1) is 0 Å². The molecule has 1 heterocycles. The van der Waals surface area contributed by atoms with Gasteiger partial charge >= 0.3 is 5.69 Å². The number of thioether (sulfide) groups is 1. The number of H-pyrrole nitrogens is 2. The van der Waals surface area contributed by atoms with Gasteiger partial charge in [0, 0.05) is 6.54 Å². The molecule has 1 aromatic heterocycles. The molecule has 1 rings (SSSR count). The Balaban J connectivity index is 2.51. The first kappa shape index (κ1) is 10.8. The number of aromatic nitrogens is 3. The molecule has 0 saturated carbocycles. The summed E-state index contributed by atoms with van der Waals surface area (Å²) in [6, 6.07) is 0. The Morgan fingerprint density at radius 3 is 2.93 bits per heavy atom. The van der Waals surface area contributed by atoms with Crippen molar-refractivity contribution in [2.75, 3.05) is 23.9 Å². The van der Waals surface area contributed by atoms with Gasteiger partial charge in [-0.2, -0.15) is 11.8 Å². The molecule has 1 aromatic rings. The van der Waals surface area contributed by atoms with E-state index in [4.69, 9.17) is 0 Å². The van der Waals surface area contributed by atoms with Crippen LogP contribution in [0.3, 0.4) is 0 Å². The van der Waals surface area contributed by atoms with Crippen LogP contribution in [0.25, 0.3) is 0 Å². The quantitative estimate of drug-likeness (QED) is 0.584. The Bertz CT molecular complexity index is 386. The first-order chi connectivity index (χ1) is 6.74. The minimum atomic E-state index is -0.593. The molecule has 0 aliphatic heterocycles. The number of nitrogens with zero attached hydrogens (tertiary/aromatic N) is 1. The molecule has 14 heavy (non-hydrogen) atoms. The van der Waals surface area contributed by atoms with Crippen molar-refractivity contribution >= 4 is 17.6 Å². The molecule has 3 N–H and O–H groups in total. The van der Waals surface area contributed by atoms with Crippen LogP contribution in [0.5, 0.6) is 0 Å². The third kappa shape index (κ3) is 3.25. The van der Waals surface area contributed by atoms with E-state index in [1.807, 2.05) is 6.26 Å². The maximum absolute atomic E-state index is 11.1. The molecule has 0 radical (unpaired) electrons. The normalized spacial score (nSPS) is 10.1. The standard InChI is InChI=1S/C7H12N4O2S/c1-14-4-2-3-8-5-6(12)9-7(13)11-10-5/h2-4H2,1H3,(H,8,10)(H2,9,11,12,13). The minimum Gasteiger partial charge on any atom is -0.364 e. The van der Waals surface area contributed by atoms with Crippen LogP contribution >= 0.6 is 11.8 Å². The lowest BCUT2D eigenvalue weighted by atomic mass is 10.5. The molecule has 0 bridgehead atoms. The smallest absolute Gasteiger partial charge is 0.342 e. The summed E-state index contributed by atoms with van der Waals surface area (Å²) in [5, 5.41) is 8.57. The van der Waals surface area contributed by atoms with Gasteiger partial charge < -0.3 is 5.32 Å². The number of anilines is 1. The molecular weight excluding hydrogens is 204 g/mol. The second-order valence-corrected chi connectivity index (χ2v) is 3.61. The fourth-order valence-corrected chi connectivity index (χ4v) is 1.32. The van der Waals surface area contributed by atoms with Gasteiger partial charge in [0.1, 0.15) is 0 Å². The van der Waals surface area contributed by atoms with E-state index in [9.17, 15) is 9.59 Å². The molecule has 0 aromatic carbocycles. The fraction of sp³-hybridized carbons (Fsp3) is 0.571. The molecule has 0 saturated heterocycles. The number of nitrogens with one attached hydrogen (secondary N) is 3. The Labute approximate surface area is 84.5 Å². The Morgan fingerprint density at radius 1 is 1.50 bits per heavy atom. The van der Waals surface area contributed by atoms with Crippen molar-refractivity contribution in [2.45, 2.75) is 6.42 Å². The highest BCUT2D eigenvalue weighted by Crippen LogP contribution is 1.95. The highest BCUT2D eigenvalue weighted by Gasteiger charge is 1.99. The highest BCUT2D eigenvalue weighted by atomic mass is 32.2. The zero-order chi connectivity index (χ0) is 10.4. The molecule has 0 amide bonds. The topological polar surface area (TPSA) is 90.6 Å². The summed E-state index contributed by atoms with van der Waals surface area (Å²) in [6.07, 6.45) is 2.96. The van der Waals surface area contributed by atoms with E-state index in [1.165, 1.54) is 0 Å². The van der Waals surface area contributed by atoms with E-state index < -0.39 is 11.2 Å². The monoisotopic (exact) mass is 216 g/mol. The maximum atomic E-state index is 11.1. The number of hydrogen-bond acceptors (Lipinski definition) is 5. The lowest BCUT2D eigenvalue weighted by Gasteiger charge is -2.01. The van der Waals surface area contributed by atoms with Crippen molar-refractivity contribution in [1.82, 2.24) is 15.2 Å². The van der Waals surface area contributed by atoms with Crippen LogP contribution in [-0.2, 0) is 0 Å². The summed E-state index contributed by atoms with van der Waals surface area (Å²) < 4.78 is 0. The summed E-state index contributed by atoms with van der Waals surface area (Å²) in [7, 11) is 0.